The second kappa shape index (κ2) is 6.47. The van der Waals surface area contributed by atoms with Gasteiger partial charge in [-0.05, 0) is 18.4 Å². The van der Waals surface area contributed by atoms with Gasteiger partial charge >= 0.3 is 6.03 Å². The highest BCUT2D eigenvalue weighted by molar-refractivity contribution is 7.99. The minimum atomic E-state index is -0.656. The van der Waals surface area contributed by atoms with Gasteiger partial charge in [-0.3, -0.25) is 0 Å². The number of hydrogen-bond donors (Lipinski definition) is 1. The largest absolute Gasteiger partial charge is 0.323 e. The number of urea groups is 1. The van der Waals surface area contributed by atoms with Crippen molar-refractivity contribution in [1.82, 2.24) is 4.90 Å². The topological polar surface area (TPSA) is 32.3 Å². The Balaban J connectivity index is 2.08. The first kappa shape index (κ1) is 14.5. The monoisotopic (exact) mass is 304 g/mol. The Hall–Kier alpha value is -0.950. The second-order valence-electron chi connectivity index (χ2n) is 4.00. The van der Waals surface area contributed by atoms with E-state index >= 15 is 0 Å². The predicted molar refractivity (Wildman–Crippen MR) is 76.1 cm³/mol. The number of nitrogens with zero attached hydrogens (tertiary/aromatic N) is 1. The molecule has 1 N–H and O–H groups in total. The molecular weight excluding hydrogens is 290 g/mol. The van der Waals surface area contributed by atoms with Crippen molar-refractivity contribution in [3.05, 3.63) is 23.8 Å². The zero-order valence-corrected chi connectivity index (χ0v) is 12.0. The lowest BCUT2D eigenvalue weighted by atomic mass is 10.3. The van der Waals surface area contributed by atoms with E-state index in [-0.39, 0.29) is 16.6 Å². The molecule has 0 aliphatic carbocycles. The highest BCUT2D eigenvalue weighted by atomic mass is 32.2. The summed E-state index contributed by atoms with van der Waals surface area (Å²) < 4.78 is 27.1. The summed E-state index contributed by atoms with van der Waals surface area (Å²) in [7, 11) is 0. The molecule has 1 saturated heterocycles. The van der Waals surface area contributed by atoms with E-state index in [0.29, 0.717) is 13.1 Å². The zero-order valence-electron chi connectivity index (χ0n) is 10.4. The highest BCUT2D eigenvalue weighted by Gasteiger charge is 2.18. The maximum Gasteiger partial charge on any atom is 0.321 e. The van der Waals surface area contributed by atoms with E-state index in [1.807, 2.05) is 0 Å². The maximum absolute atomic E-state index is 13.6. The van der Waals surface area contributed by atoms with Crippen molar-refractivity contribution in [2.24, 2.45) is 0 Å². The summed E-state index contributed by atoms with van der Waals surface area (Å²) in [6.07, 6.45) is 1.60. The van der Waals surface area contributed by atoms with E-state index in [2.05, 4.69) is 5.32 Å². The molecular formula is C12H14F2N2OS2. The number of benzene rings is 1. The quantitative estimate of drug-likeness (QED) is 0.851. The summed E-state index contributed by atoms with van der Waals surface area (Å²) in [5.41, 5.74) is 0.149. The zero-order chi connectivity index (χ0) is 13.8. The first-order valence-electron chi connectivity index (χ1n) is 5.78. The first-order chi connectivity index (χ1) is 9.11. The fourth-order valence-electron chi connectivity index (χ4n) is 1.80. The third kappa shape index (κ3) is 3.54. The van der Waals surface area contributed by atoms with Crippen LogP contribution in [-0.4, -0.2) is 41.8 Å². The van der Waals surface area contributed by atoms with E-state index in [0.717, 1.165) is 35.4 Å². The molecule has 1 fully saturated rings. The fraction of sp³-hybridized carbons (Fsp3) is 0.417. The SMILES string of the molecule is CSc1c(F)cc(NC(=O)N2CCSCC2)cc1F. The van der Waals surface area contributed by atoms with Crippen LogP contribution in [0.1, 0.15) is 0 Å². The smallest absolute Gasteiger partial charge is 0.321 e. The predicted octanol–water partition coefficient (Wildman–Crippen LogP) is 3.27. The Bertz CT molecular complexity index is 456. The lowest BCUT2D eigenvalue weighted by Crippen LogP contribution is -2.40. The summed E-state index contributed by atoms with van der Waals surface area (Å²) in [5, 5.41) is 2.53. The normalized spacial score (nSPS) is 15.4. The number of nitrogens with one attached hydrogen (secondary N) is 1. The molecule has 3 nitrogen and oxygen atoms in total. The maximum atomic E-state index is 13.6. The van der Waals surface area contributed by atoms with Gasteiger partial charge in [-0.1, -0.05) is 0 Å². The summed E-state index contributed by atoms with van der Waals surface area (Å²) >= 11 is 2.79. The number of halogens is 2. The molecule has 0 atom stereocenters. The number of thioether (sulfide) groups is 2. The van der Waals surface area contributed by atoms with E-state index in [1.54, 1.807) is 22.9 Å². The van der Waals surface area contributed by atoms with Crippen LogP contribution in [0, 0.1) is 11.6 Å². The Kier molecular flexibility index (Phi) is 4.93. The molecule has 2 amide bonds. The molecule has 7 heteroatoms. The summed E-state index contributed by atoms with van der Waals surface area (Å²) in [6.45, 7) is 1.31. The Morgan fingerprint density at radius 2 is 1.89 bits per heavy atom. The molecule has 0 aromatic heterocycles. The van der Waals surface area contributed by atoms with Gasteiger partial charge in [0.1, 0.15) is 11.6 Å². The van der Waals surface area contributed by atoms with E-state index in [1.165, 1.54) is 0 Å². The molecule has 19 heavy (non-hydrogen) atoms. The van der Waals surface area contributed by atoms with Crippen LogP contribution in [0.3, 0.4) is 0 Å². The van der Waals surface area contributed by atoms with Gasteiger partial charge in [0, 0.05) is 30.3 Å². The average molecular weight is 304 g/mol. The molecule has 1 aromatic rings. The number of carbonyl (C=O) groups is 1. The molecule has 0 bridgehead atoms. The minimum absolute atomic E-state index is 0.0348. The van der Waals surface area contributed by atoms with Crippen molar-refractivity contribution in [3.8, 4) is 0 Å². The van der Waals surface area contributed by atoms with Gasteiger partial charge in [-0.15, -0.1) is 11.8 Å². The molecule has 1 aliphatic heterocycles. The van der Waals surface area contributed by atoms with Crippen molar-refractivity contribution in [2.45, 2.75) is 4.90 Å². The van der Waals surface area contributed by atoms with Gasteiger partial charge in [0.05, 0.1) is 4.90 Å². The standard InChI is InChI=1S/C12H14F2N2OS2/c1-18-11-9(13)6-8(7-10(11)14)15-12(17)16-2-4-19-5-3-16/h6-7H,2-5H2,1H3,(H,15,17). The summed E-state index contributed by atoms with van der Waals surface area (Å²) in [4.78, 5) is 13.5. The third-order valence-electron chi connectivity index (χ3n) is 2.75. The van der Waals surface area contributed by atoms with Gasteiger partial charge in [-0.2, -0.15) is 11.8 Å². The van der Waals surface area contributed by atoms with Crippen LogP contribution in [0.15, 0.2) is 17.0 Å². The molecule has 104 valence electrons. The highest BCUT2D eigenvalue weighted by Crippen LogP contribution is 2.26. The first-order valence-corrected chi connectivity index (χ1v) is 8.16. The molecule has 0 unspecified atom stereocenters. The Morgan fingerprint density at radius 3 is 2.42 bits per heavy atom. The minimum Gasteiger partial charge on any atom is -0.323 e. The molecule has 0 radical (unpaired) electrons. The van der Waals surface area contributed by atoms with Gasteiger partial charge in [0.15, 0.2) is 0 Å². The lowest BCUT2D eigenvalue weighted by Gasteiger charge is -2.26. The van der Waals surface area contributed by atoms with E-state index in [4.69, 9.17) is 0 Å². The van der Waals surface area contributed by atoms with Crippen LogP contribution < -0.4 is 5.32 Å². The number of rotatable bonds is 2. The average Bonchev–Trinajstić information content (AvgIpc) is 2.39. The molecule has 1 aliphatic rings. The summed E-state index contributed by atoms with van der Waals surface area (Å²) in [5.74, 6) is 0.470. The molecule has 2 rings (SSSR count). The van der Waals surface area contributed by atoms with Gasteiger partial charge < -0.3 is 10.2 Å². The van der Waals surface area contributed by atoms with Crippen molar-refractivity contribution >= 4 is 35.2 Å². The second-order valence-corrected chi connectivity index (χ2v) is 6.04. The van der Waals surface area contributed by atoms with Gasteiger partial charge in [0.25, 0.3) is 0 Å². The van der Waals surface area contributed by atoms with E-state index < -0.39 is 11.6 Å². The molecule has 0 saturated carbocycles. The van der Waals surface area contributed by atoms with Crippen LogP contribution in [-0.2, 0) is 0 Å². The summed E-state index contributed by atoms with van der Waals surface area (Å²) in [6, 6.07) is 1.98. The number of hydrogen-bond acceptors (Lipinski definition) is 3. The Labute approximate surface area is 119 Å². The van der Waals surface area contributed by atoms with Gasteiger partial charge in [0.2, 0.25) is 0 Å². The van der Waals surface area contributed by atoms with Gasteiger partial charge in [-0.25, -0.2) is 13.6 Å². The lowest BCUT2D eigenvalue weighted by molar-refractivity contribution is 0.217. The van der Waals surface area contributed by atoms with Crippen LogP contribution in [0.25, 0.3) is 0 Å². The number of carbonyl (C=O) groups excluding carboxylic acids is 1. The van der Waals surface area contributed by atoms with Crippen LogP contribution in [0.5, 0.6) is 0 Å². The van der Waals surface area contributed by atoms with Crippen LogP contribution in [0.2, 0.25) is 0 Å². The molecule has 1 heterocycles. The number of amides is 2. The Morgan fingerprint density at radius 1 is 1.32 bits per heavy atom. The van der Waals surface area contributed by atoms with Crippen molar-refractivity contribution < 1.29 is 13.6 Å². The van der Waals surface area contributed by atoms with Crippen LogP contribution >= 0.6 is 23.5 Å². The molecule has 0 spiro atoms. The third-order valence-corrected chi connectivity index (χ3v) is 4.49. The fourth-order valence-corrected chi connectivity index (χ4v) is 3.21. The van der Waals surface area contributed by atoms with E-state index in [9.17, 15) is 13.6 Å². The van der Waals surface area contributed by atoms with Crippen molar-refractivity contribution in [2.75, 3.05) is 36.2 Å². The molecule has 1 aromatic carbocycles. The van der Waals surface area contributed by atoms with Crippen molar-refractivity contribution in [3.63, 3.8) is 0 Å². The number of anilines is 1. The van der Waals surface area contributed by atoms with Crippen LogP contribution in [0.4, 0.5) is 19.3 Å². The van der Waals surface area contributed by atoms with Crippen molar-refractivity contribution in [1.29, 1.82) is 0 Å².